The first kappa shape index (κ1) is 22.5. The molecule has 0 saturated carbocycles. The summed E-state index contributed by atoms with van der Waals surface area (Å²) in [5, 5.41) is 10.6. The van der Waals surface area contributed by atoms with Crippen molar-refractivity contribution in [1.29, 1.82) is 0 Å². The normalized spacial score (nSPS) is 10.9. The van der Waals surface area contributed by atoms with Crippen LogP contribution in [0.4, 0.5) is 0 Å². The number of ether oxygens (including phenoxy) is 3. The third-order valence-electron chi connectivity index (χ3n) is 3.70. The van der Waals surface area contributed by atoms with Crippen molar-refractivity contribution >= 4 is 11.0 Å². The van der Waals surface area contributed by atoms with Crippen LogP contribution in [0, 0.1) is 10.2 Å². The van der Waals surface area contributed by atoms with Crippen LogP contribution in [0.5, 0.6) is 23.0 Å². The fraction of sp³-hybridized carbons (Fsp3) is 0.211. The average molecular weight is 427 g/mol. The quantitative estimate of drug-likeness (QED) is 0.544. The number of hydrogen-bond acceptors (Lipinski definition) is 8. The van der Waals surface area contributed by atoms with Crippen LogP contribution in [0.15, 0.2) is 46.9 Å². The van der Waals surface area contributed by atoms with Crippen molar-refractivity contribution in [1.82, 2.24) is 0 Å². The summed E-state index contributed by atoms with van der Waals surface area (Å²) in [6, 6.07) is 12.5. The van der Waals surface area contributed by atoms with Crippen LogP contribution in [-0.2, 0) is 0 Å². The van der Waals surface area contributed by atoms with E-state index < -0.39 is 10.2 Å². The van der Waals surface area contributed by atoms with Gasteiger partial charge in [-0.2, -0.15) is 0 Å². The van der Waals surface area contributed by atoms with Gasteiger partial charge in [-0.1, -0.05) is 0 Å². The van der Waals surface area contributed by atoms with Crippen molar-refractivity contribution in [3.05, 3.63) is 42.5 Å². The Kier molecular flexibility index (Phi) is 7.43. The molecule has 0 bridgehead atoms. The molecular weight excluding hydrogens is 408 g/mol. The Morgan fingerprint density at radius 1 is 0.931 bits per heavy atom. The summed E-state index contributed by atoms with van der Waals surface area (Å²) in [6.07, 6.45) is 0. The van der Waals surface area contributed by atoms with Gasteiger partial charge >= 0.3 is 11.3 Å². The minimum atomic E-state index is -4.94. The topological polar surface area (TPSA) is 151 Å². The number of benzene rings is 2. The van der Waals surface area contributed by atoms with Crippen LogP contribution in [0.25, 0.3) is 22.3 Å². The molecule has 0 aliphatic heterocycles. The number of methoxy groups -OCH3 is 2. The highest BCUT2D eigenvalue weighted by atomic mass is 35.7. The molecule has 1 heterocycles. The van der Waals surface area contributed by atoms with E-state index in [1.807, 2.05) is 31.2 Å². The standard InChI is InChI=1S/C19H18O5.ClHO4/c1-4-23-18-11-17(12-5-7-15(20)19(9-12)22-3)24-16-8-6-13(21-2)10-14(16)18;2-1(3,4)5/h5-11H,4H2,1-3H3;(H,2,3,4,5). The van der Waals surface area contributed by atoms with Gasteiger partial charge < -0.3 is 19.3 Å². The third-order valence-corrected chi connectivity index (χ3v) is 3.70. The lowest BCUT2D eigenvalue weighted by molar-refractivity contribution is -2.00. The van der Waals surface area contributed by atoms with Gasteiger partial charge in [0.05, 0.1) is 32.5 Å². The number of halogens is 1. The lowest BCUT2D eigenvalue weighted by atomic mass is 10.1. The molecule has 1 N–H and O–H groups in total. The Labute approximate surface area is 168 Å². The minimum absolute atomic E-state index is 0.0804. The lowest BCUT2D eigenvalue weighted by Gasteiger charge is -2.17. The summed E-state index contributed by atoms with van der Waals surface area (Å²) >= 11 is 0. The number of rotatable bonds is 5. The number of phenols is 1. The highest BCUT2D eigenvalue weighted by Gasteiger charge is 2.21. The lowest BCUT2D eigenvalue weighted by Crippen LogP contribution is -2.68. The molecule has 2 aromatic carbocycles. The zero-order valence-corrected chi connectivity index (χ0v) is 16.6. The first-order valence-electron chi connectivity index (χ1n) is 8.23. The molecule has 0 amide bonds. The monoisotopic (exact) mass is 426 g/mol. The van der Waals surface area contributed by atoms with E-state index in [1.54, 1.807) is 25.3 Å². The molecule has 0 spiro atoms. The van der Waals surface area contributed by atoms with Crippen LogP contribution in [0.2, 0.25) is 0 Å². The largest absolute Gasteiger partial charge is 0.504 e. The minimum Gasteiger partial charge on any atom is -0.504 e. The van der Waals surface area contributed by atoms with Gasteiger partial charge in [-0.05, 0) is 25.1 Å². The predicted octanol–water partition coefficient (Wildman–Crippen LogP) is -0.254. The van der Waals surface area contributed by atoms with Gasteiger partial charge in [-0.25, -0.2) is 23.1 Å². The number of hydrogen-bond donors (Lipinski definition) is 1. The van der Waals surface area contributed by atoms with Crippen molar-refractivity contribution in [2.75, 3.05) is 20.8 Å². The van der Waals surface area contributed by atoms with Gasteiger partial charge in [0.1, 0.15) is 16.9 Å². The zero-order valence-electron chi connectivity index (χ0n) is 15.8. The molecule has 10 heteroatoms. The Balaban J connectivity index is 0.000000537. The third kappa shape index (κ3) is 6.34. The van der Waals surface area contributed by atoms with Crippen LogP contribution < -0.4 is 32.8 Å². The first-order valence-corrected chi connectivity index (χ1v) is 9.46. The van der Waals surface area contributed by atoms with E-state index in [9.17, 15) is 5.11 Å². The first-order chi connectivity index (χ1) is 13.7. The molecule has 1 aromatic heterocycles. The van der Waals surface area contributed by atoms with Crippen LogP contribution >= 0.6 is 0 Å². The van der Waals surface area contributed by atoms with Crippen LogP contribution in [0.3, 0.4) is 0 Å². The zero-order chi connectivity index (χ0) is 21.6. The maximum absolute atomic E-state index is 9.76. The Morgan fingerprint density at radius 3 is 2.21 bits per heavy atom. The van der Waals surface area contributed by atoms with E-state index in [-0.39, 0.29) is 5.75 Å². The SMILES string of the molecule is CCOc1cc(-c2ccc(O)c(OC)c2)[o+]c2ccc(OC)cc12.[O-][Cl+3]([O-])([O-])[O-]. The van der Waals surface area contributed by atoms with Crippen molar-refractivity contribution in [3.8, 4) is 34.3 Å². The molecule has 0 saturated heterocycles. The summed E-state index contributed by atoms with van der Waals surface area (Å²) in [5.41, 5.74) is 1.46. The summed E-state index contributed by atoms with van der Waals surface area (Å²) < 4.78 is 56.2. The highest BCUT2D eigenvalue weighted by Crippen LogP contribution is 2.37. The maximum Gasteiger partial charge on any atom is 0.364 e. The fourth-order valence-electron chi connectivity index (χ4n) is 2.51. The molecule has 0 fully saturated rings. The Morgan fingerprint density at radius 2 is 1.62 bits per heavy atom. The summed E-state index contributed by atoms with van der Waals surface area (Å²) in [7, 11) is -1.82. The van der Waals surface area contributed by atoms with E-state index in [0.29, 0.717) is 29.4 Å². The number of fused-ring (bicyclic) bond motifs is 1. The molecule has 0 unspecified atom stereocenters. The van der Waals surface area contributed by atoms with Gasteiger partial charge in [0.15, 0.2) is 11.5 Å². The molecular formula is C19H19ClO9. The van der Waals surface area contributed by atoms with Gasteiger partial charge in [0.2, 0.25) is 0 Å². The Bertz CT molecular complexity index is 964. The molecule has 0 radical (unpaired) electrons. The molecule has 156 valence electrons. The molecule has 0 atom stereocenters. The second-order valence-electron chi connectivity index (χ2n) is 5.53. The summed E-state index contributed by atoms with van der Waals surface area (Å²) in [4.78, 5) is 0. The Hall–Kier alpha value is -2.82. The smallest absolute Gasteiger partial charge is 0.364 e. The maximum atomic E-state index is 9.76. The van der Waals surface area contributed by atoms with Crippen molar-refractivity contribution < 1.29 is 52.6 Å². The second kappa shape index (κ2) is 9.59. The highest BCUT2D eigenvalue weighted by molar-refractivity contribution is 5.87. The van der Waals surface area contributed by atoms with Gasteiger partial charge in [-0.15, -0.1) is 10.2 Å². The van der Waals surface area contributed by atoms with E-state index in [1.165, 1.54) is 7.11 Å². The fourth-order valence-corrected chi connectivity index (χ4v) is 2.51. The van der Waals surface area contributed by atoms with Gasteiger partial charge in [-0.3, -0.25) is 0 Å². The van der Waals surface area contributed by atoms with E-state index in [2.05, 4.69) is 0 Å². The molecule has 29 heavy (non-hydrogen) atoms. The predicted molar refractivity (Wildman–Crippen MR) is 92.0 cm³/mol. The van der Waals surface area contributed by atoms with E-state index in [0.717, 1.165) is 16.7 Å². The molecule has 0 aliphatic carbocycles. The van der Waals surface area contributed by atoms with Crippen molar-refractivity contribution in [2.45, 2.75) is 6.92 Å². The average Bonchev–Trinajstić information content (AvgIpc) is 2.67. The molecule has 3 rings (SSSR count). The number of phenolic OH excluding ortho intramolecular Hbond substituents is 1. The van der Waals surface area contributed by atoms with Gasteiger partial charge in [0.25, 0.3) is 0 Å². The van der Waals surface area contributed by atoms with E-state index in [4.69, 9.17) is 37.3 Å². The second-order valence-corrected chi connectivity index (χ2v) is 6.29. The summed E-state index contributed by atoms with van der Waals surface area (Å²) in [5.74, 6) is 2.53. The van der Waals surface area contributed by atoms with Crippen molar-refractivity contribution in [2.24, 2.45) is 0 Å². The van der Waals surface area contributed by atoms with Crippen LogP contribution in [0.1, 0.15) is 6.92 Å². The van der Waals surface area contributed by atoms with Crippen molar-refractivity contribution in [3.63, 3.8) is 0 Å². The number of aromatic hydroxyl groups is 1. The molecule has 3 aromatic rings. The van der Waals surface area contributed by atoms with E-state index >= 15 is 0 Å². The van der Waals surface area contributed by atoms with Crippen LogP contribution in [-0.4, -0.2) is 25.9 Å². The molecule has 0 aliphatic rings. The van der Waals surface area contributed by atoms with Gasteiger partial charge in [0, 0.05) is 18.2 Å². The summed E-state index contributed by atoms with van der Waals surface area (Å²) in [6.45, 7) is 2.47. The molecule has 9 nitrogen and oxygen atoms in total.